The van der Waals surface area contributed by atoms with Crippen molar-refractivity contribution in [3.63, 3.8) is 0 Å². The summed E-state index contributed by atoms with van der Waals surface area (Å²) in [7, 11) is 0. The first kappa shape index (κ1) is 19.0. The standard InChI is InChI=1S/C19H26N2O4/c1-19(2,3)25-18(24)21-13-11-20(12-14-21)16(17(22)23)10-9-15-7-5-4-6-8-15/h4-10,16H,11-14H2,1-3H3,(H,22,23). The molecule has 1 atom stereocenters. The number of nitrogens with zero attached hydrogens (tertiary/aromatic N) is 2. The Morgan fingerprint density at radius 1 is 1.12 bits per heavy atom. The van der Waals surface area contributed by atoms with Crippen LogP contribution in [0.3, 0.4) is 0 Å². The lowest BCUT2D eigenvalue weighted by Crippen LogP contribution is -2.54. The molecule has 25 heavy (non-hydrogen) atoms. The first-order chi connectivity index (χ1) is 11.8. The van der Waals surface area contributed by atoms with E-state index in [-0.39, 0.29) is 6.09 Å². The maximum Gasteiger partial charge on any atom is 0.410 e. The second-order valence-electron chi connectivity index (χ2n) is 7.06. The summed E-state index contributed by atoms with van der Waals surface area (Å²) >= 11 is 0. The maximum absolute atomic E-state index is 12.1. The number of carbonyl (C=O) groups is 2. The Morgan fingerprint density at radius 2 is 1.72 bits per heavy atom. The first-order valence-corrected chi connectivity index (χ1v) is 8.44. The van der Waals surface area contributed by atoms with Crippen LogP contribution in [0.4, 0.5) is 4.79 Å². The minimum atomic E-state index is -0.891. The summed E-state index contributed by atoms with van der Waals surface area (Å²) in [5.74, 6) is -0.891. The zero-order valence-corrected chi connectivity index (χ0v) is 15.0. The van der Waals surface area contributed by atoms with Crippen LogP contribution in [0.1, 0.15) is 26.3 Å². The third kappa shape index (κ3) is 5.90. The van der Waals surface area contributed by atoms with Gasteiger partial charge in [-0.25, -0.2) is 4.79 Å². The fraction of sp³-hybridized carbons (Fsp3) is 0.474. The number of ether oxygens (including phenoxy) is 1. The summed E-state index contributed by atoms with van der Waals surface area (Å²) in [6.07, 6.45) is 3.17. The number of hydrogen-bond donors (Lipinski definition) is 1. The average Bonchev–Trinajstić information content (AvgIpc) is 2.54. The number of hydrogen-bond acceptors (Lipinski definition) is 4. The van der Waals surface area contributed by atoms with Crippen molar-refractivity contribution in [2.24, 2.45) is 0 Å². The van der Waals surface area contributed by atoms with Crippen LogP contribution in [-0.4, -0.2) is 64.8 Å². The number of amides is 1. The van der Waals surface area contributed by atoms with Gasteiger partial charge in [0.2, 0.25) is 0 Å². The molecule has 1 aliphatic heterocycles. The fourth-order valence-electron chi connectivity index (χ4n) is 2.64. The SMILES string of the molecule is CC(C)(C)OC(=O)N1CCN(C(C=Cc2ccccc2)C(=O)O)CC1. The predicted molar refractivity (Wildman–Crippen MR) is 96.3 cm³/mol. The van der Waals surface area contributed by atoms with Crippen LogP contribution in [0.15, 0.2) is 36.4 Å². The van der Waals surface area contributed by atoms with Crippen LogP contribution in [0.25, 0.3) is 6.08 Å². The molecule has 1 saturated heterocycles. The van der Waals surface area contributed by atoms with E-state index in [0.717, 1.165) is 5.56 Å². The van der Waals surface area contributed by atoms with E-state index in [1.807, 2.05) is 62.1 Å². The lowest BCUT2D eigenvalue weighted by atomic mass is 10.1. The third-order valence-corrected chi connectivity index (χ3v) is 3.88. The molecule has 136 valence electrons. The molecular formula is C19H26N2O4. The lowest BCUT2D eigenvalue weighted by Gasteiger charge is -2.37. The average molecular weight is 346 g/mol. The van der Waals surface area contributed by atoms with E-state index in [1.165, 1.54) is 0 Å². The minimum absolute atomic E-state index is 0.348. The van der Waals surface area contributed by atoms with E-state index in [9.17, 15) is 14.7 Å². The molecule has 0 radical (unpaired) electrons. The molecule has 1 aromatic carbocycles. The number of carbonyl (C=O) groups excluding carboxylic acids is 1. The van der Waals surface area contributed by atoms with E-state index in [0.29, 0.717) is 26.2 Å². The third-order valence-electron chi connectivity index (χ3n) is 3.88. The van der Waals surface area contributed by atoms with Crippen LogP contribution >= 0.6 is 0 Å². The van der Waals surface area contributed by atoms with E-state index in [4.69, 9.17) is 4.74 Å². The van der Waals surface area contributed by atoms with Gasteiger partial charge in [0.05, 0.1) is 0 Å². The summed E-state index contributed by atoms with van der Waals surface area (Å²) < 4.78 is 5.36. The van der Waals surface area contributed by atoms with Gasteiger partial charge in [0, 0.05) is 26.2 Å². The van der Waals surface area contributed by atoms with Crippen molar-refractivity contribution in [3.05, 3.63) is 42.0 Å². The Kier molecular flexibility index (Phi) is 6.20. The molecule has 0 aliphatic carbocycles. The summed E-state index contributed by atoms with van der Waals surface area (Å²) in [4.78, 5) is 27.2. The van der Waals surface area contributed by atoms with E-state index in [1.54, 1.807) is 11.0 Å². The molecule has 2 rings (SSSR count). The summed E-state index contributed by atoms with van der Waals surface area (Å²) in [5, 5.41) is 9.53. The molecular weight excluding hydrogens is 320 g/mol. The highest BCUT2D eigenvalue weighted by Crippen LogP contribution is 2.14. The van der Waals surface area contributed by atoms with Crippen molar-refractivity contribution in [1.82, 2.24) is 9.80 Å². The van der Waals surface area contributed by atoms with Gasteiger partial charge in [-0.15, -0.1) is 0 Å². The van der Waals surface area contributed by atoms with Gasteiger partial charge >= 0.3 is 12.1 Å². The molecule has 1 aliphatic rings. The van der Waals surface area contributed by atoms with Crippen molar-refractivity contribution in [1.29, 1.82) is 0 Å². The van der Waals surface area contributed by atoms with Crippen molar-refractivity contribution in [3.8, 4) is 0 Å². The van der Waals surface area contributed by atoms with Crippen LogP contribution in [0, 0.1) is 0 Å². The predicted octanol–water partition coefficient (Wildman–Crippen LogP) is 2.71. The fourth-order valence-corrected chi connectivity index (χ4v) is 2.64. The summed E-state index contributed by atoms with van der Waals surface area (Å²) in [6.45, 7) is 7.39. The Balaban J connectivity index is 1.95. The Morgan fingerprint density at radius 3 is 2.24 bits per heavy atom. The highest BCUT2D eigenvalue weighted by Gasteiger charge is 2.30. The van der Waals surface area contributed by atoms with Gasteiger partial charge in [-0.3, -0.25) is 9.69 Å². The molecule has 0 spiro atoms. The van der Waals surface area contributed by atoms with Gasteiger partial charge in [0.25, 0.3) is 0 Å². The van der Waals surface area contributed by atoms with Crippen LogP contribution < -0.4 is 0 Å². The van der Waals surface area contributed by atoms with Crippen molar-refractivity contribution in [2.75, 3.05) is 26.2 Å². The summed E-state index contributed by atoms with van der Waals surface area (Å²) in [6, 6.07) is 8.89. The molecule has 1 unspecified atom stereocenters. The number of piperazine rings is 1. The van der Waals surface area contributed by atoms with Crippen LogP contribution in [0.5, 0.6) is 0 Å². The summed E-state index contributed by atoms with van der Waals surface area (Å²) in [5.41, 5.74) is 0.428. The number of carboxylic acids is 1. The van der Waals surface area contributed by atoms with Crippen molar-refractivity contribution >= 4 is 18.1 Å². The number of aliphatic carboxylic acids is 1. The smallest absolute Gasteiger partial charge is 0.410 e. The molecule has 0 aromatic heterocycles. The Labute approximate surface area is 148 Å². The van der Waals surface area contributed by atoms with Crippen molar-refractivity contribution < 1.29 is 19.4 Å². The number of carboxylic acid groups (broad SMARTS) is 1. The maximum atomic E-state index is 12.1. The Hall–Kier alpha value is -2.34. The van der Waals surface area contributed by atoms with E-state index >= 15 is 0 Å². The van der Waals surface area contributed by atoms with Crippen molar-refractivity contribution in [2.45, 2.75) is 32.4 Å². The molecule has 1 amide bonds. The Bertz CT molecular complexity index is 614. The number of rotatable bonds is 4. The molecule has 0 bridgehead atoms. The molecule has 1 N–H and O–H groups in total. The quantitative estimate of drug-likeness (QED) is 0.908. The molecule has 1 fully saturated rings. The second kappa shape index (κ2) is 8.16. The highest BCUT2D eigenvalue weighted by molar-refractivity contribution is 5.77. The first-order valence-electron chi connectivity index (χ1n) is 8.44. The van der Waals surface area contributed by atoms with Crippen LogP contribution in [-0.2, 0) is 9.53 Å². The zero-order valence-electron chi connectivity index (χ0n) is 15.0. The molecule has 1 aromatic rings. The molecule has 1 heterocycles. The topological polar surface area (TPSA) is 70.1 Å². The normalized spacial score (nSPS) is 17.5. The van der Waals surface area contributed by atoms with Gasteiger partial charge in [-0.1, -0.05) is 42.5 Å². The van der Waals surface area contributed by atoms with Gasteiger partial charge in [0.15, 0.2) is 0 Å². The lowest BCUT2D eigenvalue weighted by molar-refractivity contribution is -0.141. The van der Waals surface area contributed by atoms with Gasteiger partial charge in [-0.05, 0) is 26.3 Å². The molecule has 6 nitrogen and oxygen atoms in total. The monoisotopic (exact) mass is 346 g/mol. The number of benzene rings is 1. The van der Waals surface area contributed by atoms with Gasteiger partial charge in [0.1, 0.15) is 11.6 Å². The zero-order chi connectivity index (χ0) is 18.4. The molecule has 0 saturated carbocycles. The van der Waals surface area contributed by atoms with Crippen LogP contribution in [0.2, 0.25) is 0 Å². The van der Waals surface area contributed by atoms with E-state index < -0.39 is 17.6 Å². The van der Waals surface area contributed by atoms with Gasteiger partial charge < -0.3 is 14.7 Å². The highest BCUT2D eigenvalue weighted by atomic mass is 16.6. The minimum Gasteiger partial charge on any atom is -0.480 e. The largest absolute Gasteiger partial charge is 0.480 e. The second-order valence-corrected chi connectivity index (χ2v) is 7.06. The van der Waals surface area contributed by atoms with E-state index in [2.05, 4.69) is 0 Å². The molecule has 6 heteroatoms. The van der Waals surface area contributed by atoms with Gasteiger partial charge in [-0.2, -0.15) is 0 Å².